The van der Waals surface area contributed by atoms with Crippen molar-refractivity contribution < 1.29 is 8.81 Å². The van der Waals surface area contributed by atoms with Gasteiger partial charge in [-0.3, -0.25) is 0 Å². The summed E-state index contributed by atoms with van der Waals surface area (Å²) in [6.45, 7) is 13.1. The molecule has 5 rings (SSSR count). The largest absolute Gasteiger partial charge is 0.452 e. The fourth-order valence-electron chi connectivity index (χ4n) is 5.86. The van der Waals surface area contributed by atoms with Crippen LogP contribution in [0.2, 0.25) is 0 Å². The van der Waals surface area contributed by atoms with Crippen LogP contribution in [0.4, 0.5) is 15.8 Å². The van der Waals surface area contributed by atoms with Gasteiger partial charge in [-0.15, -0.1) is 0 Å². The van der Waals surface area contributed by atoms with Crippen LogP contribution < -0.4 is 10.6 Å². The molecule has 4 aromatic rings. The van der Waals surface area contributed by atoms with E-state index in [2.05, 4.69) is 52.5 Å². The topological polar surface area (TPSA) is 56.6 Å². The summed E-state index contributed by atoms with van der Waals surface area (Å²) in [6, 6.07) is 11.0. The Hall–Kier alpha value is -2.90. The maximum absolute atomic E-state index is 14.1. The lowest BCUT2D eigenvalue weighted by Gasteiger charge is -2.26. The lowest BCUT2D eigenvalue weighted by atomic mass is 10.1. The van der Waals surface area contributed by atoms with E-state index in [1.165, 1.54) is 83.3 Å². The van der Waals surface area contributed by atoms with Crippen molar-refractivity contribution in [2.24, 2.45) is 0 Å². The van der Waals surface area contributed by atoms with Crippen molar-refractivity contribution in [1.82, 2.24) is 14.8 Å². The second-order valence-corrected chi connectivity index (χ2v) is 11.3. The fraction of sp³-hybridized carbons (Fsp3) is 0.545. The van der Waals surface area contributed by atoms with Crippen molar-refractivity contribution in [1.29, 1.82) is 0 Å². The van der Waals surface area contributed by atoms with E-state index >= 15 is 0 Å². The molecule has 1 aliphatic heterocycles. The van der Waals surface area contributed by atoms with E-state index in [1.54, 1.807) is 6.07 Å². The van der Waals surface area contributed by atoms with Gasteiger partial charge < -0.3 is 24.9 Å². The van der Waals surface area contributed by atoms with Crippen LogP contribution in [0.15, 0.2) is 40.8 Å². The van der Waals surface area contributed by atoms with Crippen LogP contribution >= 0.6 is 0 Å². The maximum atomic E-state index is 14.1. The molecule has 2 aromatic carbocycles. The van der Waals surface area contributed by atoms with Crippen LogP contribution in [0.3, 0.4) is 0 Å². The number of hydrogen-bond donors (Lipinski definition) is 2. The average molecular weight is 548 g/mol. The predicted molar refractivity (Wildman–Crippen MR) is 167 cm³/mol. The highest BCUT2D eigenvalue weighted by Crippen LogP contribution is 2.38. The van der Waals surface area contributed by atoms with Crippen LogP contribution in [0, 0.1) is 5.82 Å². The first-order valence-electron chi connectivity index (χ1n) is 15.5. The van der Waals surface area contributed by atoms with Gasteiger partial charge >= 0.3 is 0 Å². The standard InChI is InChI=1S/C33H46FN5O/c1-3-5-17-38(18-6-4-2)21-10-15-35-26-12-13-29-27(24-26)31(36-16-22-39-19-8-7-9-20-39)33-32(37-29)28-23-25(34)11-14-30(28)40-33/h11-14,23-24,35H,3-10,15-22H2,1-2H3,(H,36,37). The van der Waals surface area contributed by atoms with Crippen LogP contribution in [-0.2, 0) is 0 Å². The van der Waals surface area contributed by atoms with Crippen molar-refractivity contribution in [3.63, 3.8) is 0 Å². The van der Waals surface area contributed by atoms with Gasteiger partial charge in [0.2, 0.25) is 0 Å². The molecule has 0 radical (unpaired) electrons. The second kappa shape index (κ2) is 14.1. The molecule has 0 spiro atoms. The minimum Gasteiger partial charge on any atom is -0.452 e. The highest BCUT2D eigenvalue weighted by atomic mass is 19.1. The number of fused-ring (bicyclic) bond motifs is 4. The Morgan fingerprint density at radius 3 is 2.42 bits per heavy atom. The van der Waals surface area contributed by atoms with Crippen molar-refractivity contribution in [2.75, 3.05) is 63.0 Å². The zero-order valence-corrected chi connectivity index (χ0v) is 24.4. The summed E-state index contributed by atoms with van der Waals surface area (Å²) in [5, 5.41) is 9.10. The first-order valence-corrected chi connectivity index (χ1v) is 15.5. The molecular formula is C33H46FN5O. The normalized spacial score (nSPS) is 14.6. The number of pyridine rings is 1. The number of benzene rings is 2. The zero-order chi connectivity index (χ0) is 27.7. The SMILES string of the molecule is CCCCN(CCCC)CCCNc1ccc2nc3c(oc4ccc(F)cc43)c(NCCN3CCCCC3)c2c1. The summed E-state index contributed by atoms with van der Waals surface area (Å²) in [6.07, 6.45) is 10.0. The van der Waals surface area contributed by atoms with Gasteiger partial charge in [-0.2, -0.15) is 0 Å². The Balaban J connectivity index is 1.35. The third-order valence-corrected chi connectivity index (χ3v) is 8.16. The molecule has 0 saturated carbocycles. The van der Waals surface area contributed by atoms with Gasteiger partial charge in [0.15, 0.2) is 5.58 Å². The smallest absolute Gasteiger partial charge is 0.177 e. The van der Waals surface area contributed by atoms with E-state index in [4.69, 9.17) is 9.40 Å². The molecule has 3 heterocycles. The van der Waals surface area contributed by atoms with Crippen molar-refractivity contribution in [3.05, 3.63) is 42.2 Å². The monoisotopic (exact) mass is 547 g/mol. The molecule has 0 bridgehead atoms. The lowest BCUT2D eigenvalue weighted by molar-refractivity contribution is 0.237. The Kier molecular flexibility index (Phi) is 10.1. The van der Waals surface area contributed by atoms with Gasteiger partial charge in [-0.25, -0.2) is 9.37 Å². The second-order valence-electron chi connectivity index (χ2n) is 11.3. The number of rotatable bonds is 15. The summed E-state index contributed by atoms with van der Waals surface area (Å²) in [5.74, 6) is -0.279. The first-order chi connectivity index (χ1) is 19.7. The molecule has 1 saturated heterocycles. The molecule has 2 aromatic heterocycles. The Morgan fingerprint density at radius 1 is 0.875 bits per heavy atom. The predicted octanol–water partition coefficient (Wildman–Crippen LogP) is 7.88. The van der Waals surface area contributed by atoms with E-state index < -0.39 is 0 Å². The van der Waals surface area contributed by atoms with Gasteiger partial charge in [-0.1, -0.05) is 33.1 Å². The van der Waals surface area contributed by atoms with Crippen molar-refractivity contribution in [2.45, 2.75) is 65.2 Å². The number of hydrogen-bond acceptors (Lipinski definition) is 6. The zero-order valence-electron chi connectivity index (χ0n) is 24.4. The third kappa shape index (κ3) is 7.05. The quantitative estimate of drug-likeness (QED) is 0.148. The molecule has 0 atom stereocenters. The number of halogens is 1. The molecule has 2 N–H and O–H groups in total. The summed E-state index contributed by atoms with van der Waals surface area (Å²) in [5.41, 5.74) is 4.99. The van der Waals surface area contributed by atoms with E-state index in [-0.39, 0.29) is 5.82 Å². The van der Waals surface area contributed by atoms with Gasteiger partial charge in [0, 0.05) is 36.1 Å². The highest BCUT2D eigenvalue weighted by molar-refractivity contribution is 6.14. The van der Waals surface area contributed by atoms with Gasteiger partial charge in [-0.05, 0) is 101 Å². The van der Waals surface area contributed by atoms with E-state index in [9.17, 15) is 4.39 Å². The van der Waals surface area contributed by atoms with Crippen LogP contribution in [0.25, 0.3) is 33.0 Å². The number of nitrogens with one attached hydrogen (secondary N) is 2. The number of anilines is 2. The number of likely N-dealkylation sites (tertiary alicyclic amines) is 1. The lowest BCUT2D eigenvalue weighted by Crippen LogP contribution is -2.33. The molecule has 0 unspecified atom stereocenters. The minimum absolute atomic E-state index is 0.279. The molecule has 216 valence electrons. The summed E-state index contributed by atoms with van der Waals surface area (Å²) >= 11 is 0. The van der Waals surface area contributed by atoms with Gasteiger partial charge in [0.25, 0.3) is 0 Å². The molecule has 0 amide bonds. The van der Waals surface area contributed by atoms with E-state index in [0.29, 0.717) is 22.1 Å². The van der Waals surface area contributed by atoms with Gasteiger partial charge in [0.1, 0.15) is 16.9 Å². The molecule has 7 heteroatoms. The molecule has 40 heavy (non-hydrogen) atoms. The first kappa shape index (κ1) is 28.6. The number of aromatic nitrogens is 1. The van der Waals surface area contributed by atoms with Crippen molar-refractivity contribution >= 4 is 44.3 Å². The fourth-order valence-corrected chi connectivity index (χ4v) is 5.86. The number of nitrogens with zero attached hydrogens (tertiary/aromatic N) is 3. The summed E-state index contributed by atoms with van der Waals surface area (Å²) in [4.78, 5) is 10.1. The highest BCUT2D eigenvalue weighted by Gasteiger charge is 2.18. The Bertz CT molecular complexity index is 1370. The number of furan rings is 1. The molecule has 1 fully saturated rings. The Labute approximate surface area is 238 Å². The van der Waals surface area contributed by atoms with E-state index in [0.717, 1.165) is 54.9 Å². The maximum Gasteiger partial charge on any atom is 0.177 e. The summed E-state index contributed by atoms with van der Waals surface area (Å²) in [7, 11) is 0. The summed E-state index contributed by atoms with van der Waals surface area (Å²) < 4.78 is 20.4. The average Bonchev–Trinajstić information content (AvgIpc) is 3.34. The Morgan fingerprint density at radius 2 is 1.65 bits per heavy atom. The van der Waals surface area contributed by atoms with Crippen LogP contribution in [0.5, 0.6) is 0 Å². The third-order valence-electron chi connectivity index (χ3n) is 8.16. The van der Waals surface area contributed by atoms with Crippen molar-refractivity contribution in [3.8, 4) is 0 Å². The molecule has 6 nitrogen and oxygen atoms in total. The van der Waals surface area contributed by atoms with E-state index in [1.807, 2.05) is 0 Å². The number of unbranched alkanes of at least 4 members (excludes halogenated alkanes) is 2. The molecule has 0 aliphatic carbocycles. The van der Waals surface area contributed by atoms with Crippen LogP contribution in [-0.4, -0.2) is 67.1 Å². The minimum atomic E-state index is -0.279. The number of piperidine rings is 1. The molecular weight excluding hydrogens is 501 g/mol. The molecule has 1 aliphatic rings. The van der Waals surface area contributed by atoms with Gasteiger partial charge in [0.05, 0.1) is 11.2 Å². The van der Waals surface area contributed by atoms with Crippen LogP contribution in [0.1, 0.15) is 65.2 Å².